The zero-order valence-electron chi connectivity index (χ0n) is 10.5. The highest BCUT2D eigenvalue weighted by Gasteiger charge is 2.22. The average Bonchev–Trinajstić information content (AvgIpc) is 2.85. The molecule has 1 atom stereocenters. The van der Waals surface area contributed by atoms with Crippen molar-refractivity contribution in [1.82, 2.24) is 15.0 Å². The molecule has 8 nitrogen and oxygen atoms in total. The zero-order valence-corrected chi connectivity index (χ0v) is 10.5. The summed E-state index contributed by atoms with van der Waals surface area (Å²) in [6, 6.07) is 0.0998. The lowest BCUT2D eigenvalue weighted by molar-refractivity contribution is 0.0695. The minimum atomic E-state index is -1.28. The molecule has 0 spiro atoms. The molecule has 1 aliphatic heterocycles. The molecule has 2 aromatic rings. The van der Waals surface area contributed by atoms with Gasteiger partial charge in [0.1, 0.15) is 11.2 Å². The topological polar surface area (TPSA) is 125 Å². The fraction of sp³-hybridized carbons (Fsp3) is 0.333. The van der Waals surface area contributed by atoms with Gasteiger partial charge in [0.05, 0.1) is 5.39 Å². The second-order valence-electron chi connectivity index (χ2n) is 4.76. The Labute approximate surface area is 113 Å². The van der Waals surface area contributed by atoms with Gasteiger partial charge in [-0.05, 0) is 6.42 Å². The second kappa shape index (κ2) is 4.57. The van der Waals surface area contributed by atoms with Crippen molar-refractivity contribution in [1.29, 1.82) is 0 Å². The molecule has 4 N–H and O–H groups in total. The van der Waals surface area contributed by atoms with E-state index in [1.165, 1.54) is 6.20 Å². The summed E-state index contributed by atoms with van der Waals surface area (Å²) in [5.74, 6) is -0.785. The highest BCUT2D eigenvalue weighted by atomic mass is 16.4. The van der Waals surface area contributed by atoms with E-state index in [4.69, 9.17) is 10.8 Å². The number of carbonyl (C=O) groups is 1. The summed E-state index contributed by atoms with van der Waals surface area (Å²) >= 11 is 0. The first-order valence-corrected chi connectivity index (χ1v) is 6.18. The molecule has 3 heterocycles. The van der Waals surface area contributed by atoms with E-state index in [0.717, 1.165) is 19.2 Å². The molecular weight excluding hydrogens is 262 g/mol. The van der Waals surface area contributed by atoms with Crippen LogP contribution in [0.15, 0.2) is 17.2 Å². The number of nitrogens with one attached hydrogen (secondary N) is 1. The van der Waals surface area contributed by atoms with Gasteiger partial charge in [-0.3, -0.25) is 4.79 Å². The van der Waals surface area contributed by atoms with Gasteiger partial charge in [0, 0.05) is 31.5 Å². The number of carboxylic acids is 1. The van der Waals surface area contributed by atoms with E-state index >= 15 is 0 Å². The van der Waals surface area contributed by atoms with E-state index in [9.17, 15) is 9.59 Å². The predicted octanol–water partition coefficient (Wildman–Crippen LogP) is -0.446. The van der Waals surface area contributed by atoms with Gasteiger partial charge in [-0.15, -0.1) is 0 Å². The lowest BCUT2D eigenvalue weighted by Crippen LogP contribution is -2.27. The normalized spacial score (nSPS) is 18.6. The summed E-state index contributed by atoms with van der Waals surface area (Å²) in [4.78, 5) is 35.9. The van der Waals surface area contributed by atoms with Crippen molar-refractivity contribution < 1.29 is 9.90 Å². The summed E-state index contributed by atoms with van der Waals surface area (Å²) in [6.07, 6.45) is 3.38. The number of aromatic carboxylic acids is 1. The first-order chi connectivity index (χ1) is 9.56. The maximum atomic E-state index is 11.9. The van der Waals surface area contributed by atoms with Crippen LogP contribution in [0, 0.1) is 0 Å². The third kappa shape index (κ3) is 1.99. The Morgan fingerprint density at radius 1 is 1.55 bits per heavy atom. The van der Waals surface area contributed by atoms with Crippen molar-refractivity contribution in [3.05, 3.63) is 28.2 Å². The molecule has 3 rings (SSSR count). The number of nitrogens with zero attached hydrogens (tertiary/aromatic N) is 3. The lowest BCUT2D eigenvalue weighted by atomic mass is 10.2. The fourth-order valence-electron chi connectivity index (χ4n) is 2.28. The molecule has 8 heteroatoms. The number of carboxylic acid groups (broad SMARTS) is 1. The molecule has 1 fully saturated rings. The van der Waals surface area contributed by atoms with Crippen molar-refractivity contribution in [3.63, 3.8) is 0 Å². The summed E-state index contributed by atoms with van der Waals surface area (Å²) in [5, 5.41) is 9.06. The Hall–Kier alpha value is -2.48. The van der Waals surface area contributed by atoms with E-state index in [2.05, 4.69) is 15.0 Å². The predicted molar refractivity (Wildman–Crippen MR) is 71.9 cm³/mol. The van der Waals surface area contributed by atoms with Crippen molar-refractivity contribution >= 4 is 23.0 Å². The van der Waals surface area contributed by atoms with Crippen molar-refractivity contribution in [2.45, 2.75) is 12.5 Å². The highest BCUT2D eigenvalue weighted by Crippen LogP contribution is 2.16. The maximum absolute atomic E-state index is 11.9. The number of hydrogen-bond acceptors (Lipinski definition) is 6. The van der Waals surface area contributed by atoms with Crippen LogP contribution in [-0.2, 0) is 0 Å². The van der Waals surface area contributed by atoms with Gasteiger partial charge in [0.15, 0.2) is 0 Å². The summed E-state index contributed by atoms with van der Waals surface area (Å²) in [5.41, 5.74) is 5.25. The molecule has 2 aromatic heterocycles. The number of aromatic nitrogens is 3. The summed E-state index contributed by atoms with van der Waals surface area (Å²) in [7, 11) is 0. The maximum Gasteiger partial charge on any atom is 0.341 e. The second-order valence-corrected chi connectivity index (χ2v) is 4.76. The number of nitrogens with two attached hydrogens (primary N) is 1. The number of hydrogen-bond donors (Lipinski definition) is 3. The molecular formula is C12H13N5O3. The van der Waals surface area contributed by atoms with Gasteiger partial charge >= 0.3 is 5.97 Å². The molecule has 20 heavy (non-hydrogen) atoms. The third-order valence-corrected chi connectivity index (χ3v) is 3.36. The minimum absolute atomic E-state index is 0.0998. The van der Waals surface area contributed by atoms with Crippen LogP contribution in [0.4, 0.5) is 5.95 Å². The average molecular weight is 275 g/mol. The van der Waals surface area contributed by atoms with Crippen LogP contribution in [0.25, 0.3) is 11.0 Å². The molecule has 0 bridgehead atoms. The van der Waals surface area contributed by atoms with Gasteiger partial charge in [0.2, 0.25) is 11.4 Å². The monoisotopic (exact) mass is 275 g/mol. The van der Waals surface area contributed by atoms with Crippen LogP contribution >= 0.6 is 0 Å². The Balaban J connectivity index is 2.07. The number of pyridine rings is 1. The van der Waals surface area contributed by atoms with Crippen LogP contribution < -0.4 is 16.1 Å². The quantitative estimate of drug-likeness (QED) is 0.678. The number of fused-ring (bicyclic) bond motifs is 1. The molecule has 0 saturated carbocycles. The zero-order chi connectivity index (χ0) is 14.3. The first kappa shape index (κ1) is 12.5. The van der Waals surface area contributed by atoms with Crippen molar-refractivity contribution in [2.24, 2.45) is 5.73 Å². The van der Waals surface area contributed by atoms with Gasteiger partial charge in [0.25, 0.3) is 0 Å². The third-order valence-electron chi connectivity index (χ3n) is 3.36. The molecule has 0 aromatic carbocycles. The highest BCUT2D eigenvalue weighted by molar-refractivity contribution is 5.91. The lowest BCUT2D eigenvalue weighted by Gasteiger charge is -2.15. The van der Waals surface area contributed by atoms with Crippen LogP contribution in [-0.4, -0.2) is 45.2 Å². The SMILES string of the molecule is NC1CCN(c2ncc3c(=O)c(C(=O)O)c[nH]c3n2)C1. The molecule has 0 aliphatic carbocycles. The largest absolute Gasteiger partial charge is 0.477 e. The van der Waals surface area contributed by atoms with E-state index in [1.54, 1.807) is 0 Å². The standard InChI is InChI=1S/C12H13N5O3/c13-6-1-2-17(5-6)12-15-3-7-9(18)8(11(19)20)4-14-10(7)16-12/h3-4,6H,1-2,5,13H2,(H,19,20)(H,14,15,16,18). The minimum Gasteiger partial charge on any atom is -0.477 e. The van der Waals surface area contributed by atoms with Gasteiger partial charge in [-0.1, -0.05) is 0 Å². The molecule has 1 unspecified atom stereocenters. The van der Waals surface area contributed by atoms with Gasteiger partial charge < -0.3 is 20.7 Å². The van der Waals surface area contributed by atoms with E-state index in [-0.39, 0.29) is 17.0 Å². The van der Waals surface area contributed by atoms with Gasteiger partial charge in [-0.2, -0.15) is 4.98 Å². The van der Waals surface area contributed by atoms with E-state index < -0.39 is 11.4 Å². The number of rotatable bonds is 2. The Morgan fingerprint density at radius 2 is 2.35 bits per heavy atom. The smallest absolute Gasteiger partial charge is 0.341 e. The van der Waals surface area contributed by atoms with Crippen LogP contribution in [0.2, 0.25) is 0 Å². The Kier molecular flexibility index (Phi) is 2.87. The van der Waals surface area contributed by atoms with E-state index in [0.29, 0.717) is 18.1 Å². The van der Waals surface area contributed by atoms with Crippen molar-refractivity contribution in [2.75, 3.05) is 18.0 Å². The van der Waals surface area contributed by atoms with E-state index in [1.807, 2.05) is 4.90 Å². The van der Waals surface area contributed by atoms with Crippen LogP contribution in [0.5, 0.6) is 0 Å². The molecule has 0 amide bonds. The molecule has 1 saturated heterocycles. The number of H-pyrrole nitrogens is 1. The first-order valence-electron chi connectivity index (χ1n) is 6.18. The van der Waals surface area contributed by atoms with Crippen LogP contribution in [0.3, 0.4) is 0 Å². The Morgan fingerprint density at radius 3 is 3.00 bits per heavy atom. The molecule has 104 valence electrons. The summed E-state index contributed by atoms with van der Waals surface area (Å²) < 4.78 is 0. The fourth-order valence-corrected chi connectivity index (χ4v) is 2.28. The van der Waals surface area contributed by atoms with Crippen LogP contribution in [0.1, 0.15) is 16.8 Å². The molecule has 0 radical (unpaired) electrons. The Bertz CT molecular complexity index is 741. The van der Waals surface area contributed by atoms with Crippen molar-refractivity contribution in [3.8, 4) is 0 Å². The van der Waals surface area contributed by atoms with Gasteiger partial charge in [-0.25, -0.2) is 9.78 Å². The molecule has 1 aliphatic rings. The summed E-state index contributed by atoms with van der Waals surface area (Å²) in [6.45, 7) is 1.44. The number of anilines is 1. The number of aromatic amines is 1.